The number of furan rings is 1. The molecule has 2 rings (SSSR count). The van der Waals surface area contributed by atoms with Crippen molar-refractivity contribution in [3.63, 3.8) is 0 Å². The van der Waals surface area contributed by atoms with Gasteiger partial charge in [0, 0.05) is 24.9 Å². The average Bonchev–Trinajstić information content (AvgIpc) is 3.09. The number of hydrogen-bond donors (Lipinski definition) is 2. The van der Waals surface area contributed by atoms with Crippen LogP contribution in [-0.2, 0) is 9.59 Å². The number of amides is 2. The molecular formula is C19H31N3O3. The molecule has 0 aliphatic carbocycles. The minimum atomic E-state index is -0.435. The van der Waals surface area contributed by atoms with Crippen LogP contribution in [0.25, 0.3) is 0 Å². The Hall–Kier alpha value is -1.82. The zero-order valence-corrected chi connectivity index (χ0v) is 15.6. The SMILES string of the molecule is CC(C)(C)C(=O)NCCC(=O)NCC(c1ccco1)N1CCCCC1. The summed E-state index contributed by atoms with van der Waals surface area (Å²) in [5, 5.41) is 5.79. The molecule has 1 aliphatic rings. The molecular weight excluding hydrogens is 318 g/mol. The van der Waals surface area contributed by atoms with Gasteiger partial charge >= 0.3 is 0 Å². The molecule has 1 atom stereocenters. The van der Waals surface area contributed by atoms with Gasteiger partial charge in [-0.15, -0.1) is 0 Å². The van der Waals surface area contributed by atoms with Crippen molar-refractivity contribution in [3.8, 4) is 0 Å². The first-order chi connectivity index (χ1) is 11.9. The van der Waals surface area contributed by atoms with E-state index in [1.807, 2.05) is 32.9 Å². The lowest BCUT2D eigenvalue weighted by Gasteiger charge is -2.33. The van der Waals surface area contributed by atoms with E-state index < -0.39 is 5.41 Å². The van der Waals surface area contributed by atoms with Gasteiger partial charge in [0.25, 0.3) is 0 Å². The standard InChI is InChI=1S/C19H31N3O3/c1-19(2,3)18(24)20-10-9-17(23)21-14-15(16-8-7-13-25-16)22-11-5-4-6-12-22/h7-8,13,15H,4-6,9-12,14H2,1-3H3,(H,20,24)(H,21,23). The molecule has 140 valence electrons. The Balaban J connectivity index is 1.79. The summed E-state index contributed by atoms with van der Waals surface area (Å²) >= 11 is 0. The van der Waals surface area contributed by atoms with Gasteiger partial charge in [0.2, 0.25) is 11.8 Å². The first-order valence-corrected chi connectivity index (χ1v) is 9.20. The predicted molar refractivity (Wildman–Crippen MR) is 97.0 cm³/mol. The Labute approximate surface area is 150 Å². The Morgan fingerprint density at radius 3 is 2.52 bits per heavy atom. The summed E-state index contributed by atoms with van der Waals surface area (Å²) in [6, 6.07) is 3.92. The lowest BCUT2D eigenvalue weighted by Crippen LogP contribution is -2.41. The zero-order chi connectivity index (χ0) is 18.3. The van der Waals surface area contributed by atoms with Gasteiger partial charge < -0.3 is 15.1 Å². The highest BCUT2D eigenvalue weighted by molar-refractivity contribution is 5.82. The summed E-state index contributed by atoms with van der Waals surface area (Å²) in [4.78, 5) is 26.3. The molecule has 2 N–H and O–H groups in total. The van der Waals surface area contributed by atoms with Crippen molar-refractivity contribution in [1.82, 2.24) is 15.5 Å². The van der Waals surface area contributed by atoms with E-state index in [0.29, 0.717) is 13.1 Å². The van der Waals surface area contributed by atoms with Gasteiger partial charge in [-0.25, -0.2) is 0 Å². The van der Waals surface area contributed by atoms with Gasteiger partial charge in [0.15, 0.2) is 0 Å². The van der Waals surface area contributed by atoms with Crippen LogP contribution in [0, 0.1) is 5.41 Å². The van der Waals surface area contributed by atoms with Crippen molar-refractivity contribution in [2.45, 2.75) is 52.5 Å². The fourth-order valence-corrected chi connectivity index (χ4v) is 2.97. The molecule has 2 amide bonds. The summed E-state index contributed by atoms with van der Waals surface area (Å²) < 4.78 is 5.58. The molecule has 1 aromatic rings. The fourth-order valence-electron chi connectivity index (χ4n) is 2.97. The van der Waals surface area contributed by atoms with Crippen LogP contribution in [0.3, 0.4) is 0 Å². The highest BCUT2D eigenvalue weighted by atomic mass is 16.3. The molecule has 1 unspecified atom stereocenters. The Bertz CT molecular complexity index is 543. The van der Waals surface area contributed by atoms with Crippen LogP contribution in [0.15, 0.2) is 22.8 Å². The molecule has 1 aliphatic heterocycles. The minimum absolute atomic E-state index is 0.0397. The van der Waals surface area contributed by atoms with Crippen molar-refractivity contribution >= 4 is 11.8 Å². The molecule has 0 spiro atoms. The third kappa shape index (κ3) is 6.20. The first kappa shape index (κ1) is 19.5. The second kappa shape index (κ2) is 9.04. The summed E-state index contributed by atoms with van der Waals surface area (Å²) in [6.07, 6.45) is 5.60. The number of hydrogen-bond acceptors (Lipinski definition) is 4. The van der Waals surface area contributed by atoms with Crippen molar-refractivity contribution in [1.29, 1.82) is 0 Å². The third-order valence-corrected chi connectivity index (χ3v) is 4.51. The fraction of sp³-hybridized carbons (Fsp3) is 0.684. The molecule has 0 radical (unpaired) electrons. The topological polar surface area (TPSA) is 74.6 Å². The van der Waals surface area contributed by atoms with Gasteiger partial charge in [0.1, 0.15) is 5.76 Å². The van der Waals surface area contributed by atoms with Gasteiger partial charge in [-0.05, 0) is 38.1 Å². The highest BCUT2D eigenvalue weighted by Gasteiger charge is 2.25. The van der Waals surface area contributed by atoms with Crippen molar-refractivity contribution < 1.29 is 14.0 Å². The third-order valence-electron chi connectivity index (χ3n) is 4.51. The van der Waals surface area contributed by atoms with E-state index in [4.69, 9.17) is 4.42 Å². The van der Waals surface area contributed by atoms with E-state index in [9.17, 15) is 9.59 Å². The molecule has 0 aromatic carbocycles. The normalized spacial score (nSPS) is 17.1. The number of rotatable bonds is 7. The van der Waals surface area contributed by atoms with E-state index in [1.54, 1.807) is 6.26 Å². The van der Waals surface area contributed by atoms with Crippen LogP contribution in [0.4, 0.5) is 0 Å². The van der Waals surface area contributed by atoms with E-state index in [2.05, 4.69) is 15.5 Å². The van der Waals surface area contributed by atoms with Crippen LogP contribution < -0.4 is 10.6 Å². The van der Waals surface area contributed by atoms with Gasteiger partial charge in [-0.1, -0.05) is 27.2 Å². The maximum absolute atomic E-state index is 12.1. The Kier molecular flexibility index (Phi) is 7.05. The number of likely N-dealkylation sites (tertiary alicyclic amines) is 1. The second-order valence-electron chi connectivity index (χ2n) is 7.69. The van der Waals surface area contributed by atoms with E-state index in [-0.39, 0.29) is 24.3 Å². The summed E-state index contributed by atoms with van der Waals surface area (Å²) in [5.74, 6) is 0.799. The van der Waals surface area contributed by atoms with Crippen molar-refractivity contribution in [2.75, 3.05) is 26.2 Å². The maximum atomic E-state index is 12.1. The molecule has 0 saturated carbocycles. The molecule has 25 heavy (non-hydrogen) atoms. The lowest BCUT2D eigenvalue weighted by atomic mass is 9.96. The van der Waals surface area contributed by atoms with Crippen LogP contribution in [0.5, 0.6) is 0 Å². The summed E-state index contributed by atoms with van der Waals surface area (Å²) in [5.41, 5.74) is -0.435. The smallest absolute Gasteiger partial charge is 0.225 e. The summed E-state index contributed by atoms with van der Waals surface area (Å²) in [7, 11) is 0. The van der Waals surface area contributed by atoms with Crippen LogP contribution in [0.1, 0.15) is 58.3 Å². The van der Waals surface area contributed by atoms with Crippen molar-refractivity contribution in [3.05, 3.63) is 24.2 Å². The molecule has 6 nitrogen and oxygen atoms in total. The maximum Gasteiger partial charge on any atom is 0.225 e. The molecule has 1 saturated heterocycles. The van der Waals surface area contributed by atoms with Gasteiger partial charge in [-0.2, -0.15) is 0 Å². The van der Waals surface area contributed by atoms with Gasteiger partial charge in [-0.3, -0.25) is 14.5 Å². The number of carbonyl (C=O) groups excluding carboxylic acids is 2. The minimum Gasteiger partial charge on any atom is -0.468 e. The van der Waals surface area contributed by atoms with Crippen LogP contribution in [0.2, 0.25) is 0 Å². The summed E-state index contributed by atoms with van der Waals surface area (Å²) in [6.45, 7) is 8.52. The van der Waals surface area contributed by atoms with E-state index >= 15 is 0 Å². The monoisotopic (exact) mass is 349 g/mol. The van der Waals surface area contributed by atoms with E-state index in [0.717, 1.165) is 18.8 Å². The van der Waals surface area contributed by atoms with E-state index in [1.165, 1.54) is 19.3 Å². The zero-order valence-electron chi connectivity index (χ0n) is 15.6. The average molecular weight is 349 g/mol. The number of carbonyl (C=O) groups is 2. The van der Waals surface area contributed by atoms with Gasteiger partial charge in [0.05, 0.1) is 12.3 Å². The van der Waals surface area contributed by atoms with Crippen LogP contribution in [-0.4, -0.2) is 42.9 Å². The molecule has 1 aromatic heterocycles. The molecule has 1 fully saturated rings. The lowest BCUT2D eigenvalue weighted by molar-refractivity contribution is -0.128. The molecule has 0 bridgehead atoms. The predicted octanol–water partition coefficient (Wildman–Crippen LogP) is 2.48. The first-order valence-electron chi connectivity index (χ1n) is 9.20. The number of piperidine rings is 1. The number of nitrogens with zero attached hydrogens (tertiary/aromatic N) is 1. The number of nitrogens with one attached hydrogen (secondary N) is 2. The molecule has 2 heterocycles. The molecule has 6 heteroatoms. The quantitative estimate of drug-likeness (QED) is 0.793. The Morgan fingerprint density at radius 2 is 1.92 bits per heavy atom. The van der Waals surface area contributed by atoms with Crippen molar-refractivity contribution in [2.24, 2.45) is 5.41 Å². The largest absolute Gasteiger partial charge is 0.468 e. The highest BCUT2D eigenvalue weighted by Crippen LogP contribution is 2.24. The van der Waals surface area contributed by atoms with Crippen LogP contribution >= 0.6 is 0 Å². The Morgan fingerprint density at radius 1 is 1.20 bits per heavy atom. The second-order valence-corrected chi connectivity index (χ2v) is 7.69.